The van der Waals surface area contributed by atoms with E-state index >= 15 is 0 Å². The molecular weight excluding hydrogens is 250 g/mol. The molecule has 5 nitrogen and oxygen atoms in total. The summed E-state index contributed by atoms with van der Waals surface area (Å²) in [6.45, 7) is 7.24. The Morgan fingerprint density at radius 2 is 2.17 bits per heavy atom. The number of hydrogen-bond acceptors (Lipinski definition) is 4. The normalized spacial score (nSPS) is 11.4. The lowest BCUT2D eigenvalue weighted by Crippen LogP contribution is -2.08. The maximum Gasteiger partial charge on any atom is 0.226 e. The molecule has 0 saturated carbocycles. The van der Waals surface area contributed by atoms with Crippen LogP contribution in [0.2, 0.25) is 5.28 Å². The largest absolute Gasteiger partial charge is 0.368 e. The molecule has 98 valence electrons. The van der Waals surface area contributed by atoms with Crippen LogP contribution >= 0.6 is 11.6 Å². The summed E-state index contributed by atoms with van der Waals surface area (Å²) in [6, 6.07) is 0.312. The first-order valence-corrected chi connectivity index (χ1v) is 6.65. The van der Waals surface area contributed by atoms with E-state index in [2.05, 4.69) is 45.6 Å². The number of unbranched alkanes of at least 4 members (excludes halogenated alkanes) is 1. The molecule has 0 aliphatic rings. The number of aromatic nitrogens is 4. The van der Waals surface area contributed by atoms with Gasteiger partial charge < -0.3 is 9.88 Å². The Morgan fingerprint density at radius 1 is 1.39 bits per heavy atom. The number of fused-ring (bicyclic) bond motifs is 1. The zero-order valence-corrected chi connectivity index (χ0v) is 11.7. The number of nitrogens with one attached hydrogen (secondary N) is 1. The molecule has 18 heavy (non-hydrogen) atoms. The van der Waals surface area contributed by atoms with Crippen LogP contribution in [0.25, 0.3) is 11.2 Å². The summed E-state index contributed by atoms with van der Waals surface area (Å²) in [6.07, 6.45) is 4.02. The monoisotopic (exact) mass is 267 g/mol. The smallest absolute Gasteiger partial charge is 0.226 e. The summed E-state index contributed by atoms with van der Waals surface area (Å²) in [5.74, 6) is 0.768. The fourth-order valence-corrected chi connectivity index (χ4v) is 1.98. The molecule has 1 N–H and O–H groups in total. The molecule has 0 atom stereocenters. The van der Waals surface area contributed by atoms with Crippen molar-refractivity contribution in [2.75, 3.05) is 11.9 Å². The van der Waals surface area contributed by atoms with E-state index in [9.17, 15) is 0 Å². The molecule has 0 bridgehead atoms. The van der Waals surface area contributed by atoms with E-state index in [1.807, 2.05) is 0 Å². The average molecular weight is 268 g/mol. The Hall–Kier alpha value is -1.36. The third kappa shape index (κ3) is 2.56. The summed E-state index contributed by atoms with van der Waals surface area (Å²) >= 11 is 5.91. The summed E-state index contributed by atoms with van der Waals surface area (Å²) in [7, 11) is 0. The van der Waals surface area contributed by atoms with Gasteiger partial charge in [0.15, 0.2) is 11.5 Å². The zero-order valence-electron chi connectivity index (χ0n) is 10.9. The first kappa shape index (κ1) is 13.1. The van der Waals surface area contributed by atoms with E-state index in [0.717, 1.165) is 30.7 Å². The van der Waals surface area contributed by atoms with Crippen LogP contribution in [-0.4, -0.2) is 26.1 Å². The van der Waals surface area contributed by atoms with Crippen molar-refractivity contribution in [1.82, 2.24) is 19.5 Å². The lowest BCUT2D eigenvalue weighted by Gasteiger charge is -2.12. The summed E-state index contributed by atoms with van der Waals surface area (Å²) in [5, 5.41) is 3.55. The van der Waals surface area contributed by atoms with Crippen molar-refractivity contribution in [1.29, 1.82) is 0 Å². The third-order valence-corrected chi connectivity index (χ3v) is 2.95. The van der Waals surface area contributed by atoms with Gasteiger partial charge in [-0.2, -0.15) is 9.97 Å². The average Bonchev–Trinajstić information content (AvgIpc) is 2.72. The van der Waals surface area contributed by atoms with Crippen LogP contribution in [0.3, 0.4) is 0 Å². The van der Waals surface area contributed by atoms with Gasteiger partial charge in [0.05, 0.1) is 6.33 Å². The van der Waals surface area contributed by atoms with Crippen molar-refractivity contribution in [3.63, 3.8) is 0 Å². The van der Waals surface area contributed by atoms with Crippen molar-refractivity contribution in [3.8, 4) is 0 Å². The molecule has 2 aromatic heterocycles. The Balaban J connectivity index is 2.44. The fourth-order valence-electron chi connectivity index (χ4n) is 1.82. The highest BCUT2D eigenvalue weighted by atomic mass is 35.5. The molecule has 0 radical (unpaired) electrons. The van der Waals surface area contributed by atoms with Crippen LogP contribution in [0.1, 0.15) is 39.7 Å². The zero-order chi connectivity index (χ0) is 13.1. The molecule has 0 fully saturated rings. The van der Waals surface area contributed by atoms with Gasteiger partial charge in [0.1, 0.15) is 5.52 Å². The van der Waals surface area contributed by atoms with Gasteiger partial charge in [0.2, 0.25) is 5.28 Å². The molecule has 2 heterocycles. The second kappa shape index (κ2) is 5.52. The van der Waals surface area contributed by atoms with E-state index in [1.165, 1.54) is 0 Å². The van der Waals surface area contributed by atoms with E-state index in [0.29, 0.717) is 11.7 Å². The lowest BCUT2D eigenvalue weighted by molar-refractivity contribution is 0.617. The number of imidazole rings is 1. The molecule has 2 aromatic rings. The van der Waals surface area contributed by atoms with Gasteiger partial charge in [-0.15, -0.1) is 0 Å². The standard InChI is InChI=1S/C12H18ClN5/c1-4-5-6-14-10-9-11(17-12(13)16-10)15-7-18(9)8(2)3/h7-8H,4-6H2,1-3H3,(H,14,16,17). The van der Waals surface area contributed by atoms with E-state index in [4.69, 9.17) is 11.6 Å². The second-order valence-corrected chi connectivity index (χ2v) is 4.88. The van der Waals surface area contributed by atoms with Gasteiger partial charge in [-0.05, 0) is 31.9 Å². The molecule has 6 heteroatoms. The maximum absolute atomic E-state index is 5.91. The molecule has 0 saturated heterocycles. The molecule has 2 rings (SSSR count). The Labute approximate surface area is 112 Å². The van der Waals surface area contributed by atoms with Crippen molar-refractivity contribution in [3.05, 3.63) is 11.6 Å². The first-order valence-electron chi connectivity index (χ1n) is 6.27. The number of rotatable bonds is 5. The summed E-state index contributed by atoms with van der Waals surface area (Å²) in [4.78, 5) is 12.7. The van der Waals surface area contributed by atoms with E-state index in [1.54, 1.807) is 6.33 Å². The third-order valence-electron chi connectivity index (χ3n) is 2.78. The lowest BCUT2D eigenvalue weighted by atomic mass is 10.3. The summed E-state index contributed by atoms with van der Waals surface area (Å²) in [5.41, 5.74) is 1.56. The quantitative estimate of drug-likeness (QED) is 0.667. The van der Waals surface area contributed by atoms with Crippen LogP contribution in [0, 0.1) is 0 Å². The molecule has 0 aliphatic carbocycles. The Morgan fingerprint density at radius 3 is 2.83 bits per heavy atom. The number of anilines is 1. The van der Waals surface area contributed by atoms with Crippen LogP contribution in [0.15, 0.2) is 6.33 Å². The molecule has 0 amide bonds. The van der Waals surface area contributed by atoms with Gasteiger partial charge >= 0.3 is 0 Å². The van der Waals surface area contributed by atoms with Crippen molar-refractivity contribution in [2.24, 2.45) is 0 Å². The van der Waals surface area contributed by atoms with E-state index < -0.39 is 0 Å². The van der Waals surface area contributed by atoms with Gasteiger partial charge in [-0.25, -0.2) is 4.98 Å². The van der Waals surface area contributed by atoms with Crippen LogP contribution in [0.4, 0.5) is 5.82 Å². The Bertz CT molecular complexity index is 534. The van der Waals surface area contributed by atoms with Crippen LogP contribution < -0.4 is 5.32 Å². The van der Waals surface area contributed by atoms with Crippen molar-refractivity contribution < 1.29 is 0 Å². The number of hydrogen-bond donors (Lipinski definition) is 1. The minimum absolute atomic E-state index is 0.232. The molecule has 0 unspecified atom stereocenters. The first-order chi connectivity index (χ1) is 8.63. The topological polar surface area (TPSA) is 55.6 Å². The highest BCUT2D eigenvalue weighted by Crippen LogP contribution is 2.24. The predicted molar refractivity (Wildman–Crippen MR) is 74.1 cm³/mol. The molecule has 0 spiro atoms. The molecule has 0 aliphatic heterocycles. The molecule has 0 aromatic carbocycles. The SMILES string of the molecule is CCCCNc1nc(Cl)nc2ncn(C(C)C)c12. The highest BCUT2D eigenvalue weighted by molar-refractivity contribution is 6.28. The van der Waals surface area contributed by atoms with Crippen LogP contribution in [-0.2, 0) is 0 Å². The van der Waals surface area contributed by atoms with Gasteiger partial charge in [0, 0.05) is 12.6 Å². The van der Waals surface area contributed by atoms with Crippen LogP contribution in [0.5, 0.6) is 0 Å². The Kier molecular flexibility index (Phi) is 4.01. The second-order valence-electron chi connectivity index (χ2n) is 4.54. The minimum atomic E-state index is 0.232. The van der Waals surface area contributed by atoms with Crippen molar-refractivity contribution >= 4 is 28.6 Å². The highest BCUT2D eigenvalue weighted by Gasteiger charge is 2.14. The summed E-state index contributed by atoms with van der Waals surface area (Å²) < 4.78 is 2.06. The van der Waals surface area contributed by atoms with Gasteiger partial charge in [0.25, 0.3) is 0 Å². The number of nitrogens with zero attached hydrogens (tertiary/aromatic N) is 4. The van der Waals surface area contributed by atoms with Crippen molar-refractivity contribution in [2.45, 2.75) is 39.7 Å². The van der Waals surface area contributed by atoms with Gasteiger partial charge in [-0.1, -0.05) is 13.3 Å². The van der Waals surface area contributed by atoms with E-state index in [-0.39, 0.29) is 5.28 Å². The fraction of sp³-hybridized carbons (Fsp3) is 0.583. The maximum atomic E-state index is 5.91. The number of halogens is 1. The van der Waals surface area contributed by atoms with Gasteiger partial charge in [-0.3, -0.25) is 0 Å². The molecular formula is C12H18ClN5. The minimum Gasteiger partial charge on any atom is -0.368 e. The predicted octanol–water partition coefficient (Wildman–Crippen LogP) is 3.27.